The van der Waals surface area contributed by atoms with Crippen molar-refractivity contribution in [1.82, 2.24) is 19.7 Å². The summed E-state index contributed by atoms with van der Waals surface area (Å²) in [7, 11) is -2.42. The number of rotatable bonds is 8. The molecule has 5 aromatic rings. The number of hydrogen-bond donors (Lipinski definition) is 1. The number of nitrogens with one attached hydrogen (secondary N) is 1. The third kappa shape index (κ3) is 5.13. The van der Waals surface area contributed by atoms with Crippen LogP contribution in [0.25, 0.3) is 22.4 Å². The topological polar surface area (TPSA) is 132 Å². The summed E-state index contributed by atoms with van der Waals surface area (Å²) in [5.41, 5.74) is 4.13. The van der Waals surface area contributed by atoms with Crippen LogP contribution in [-0.2, 0) is 23.3 Å². The fourth-order valence-corrected chi connectivity index (χ4v) is 7.35. The predicted molar refractivity (Wildman–Crippen MR) is 173 cm³/mol. The average Bonchev–Trinajstić information content (AvgIpc) is 3.23. The summed E-state index contributed by atoms with van der Waals surface area (Å²) in [5, 5.41) is 3.33. The zero-order valence-electron chi connectivity index (χ0n) is 24.9. The van der Waals surface area contributed by atoms with Gasteiger partial charge in [0.2, 0.25) is 0 Å². The molecule has 0 spiro atoms. The van der Waals surface area contributed by atoms with Crippen molar-refractivity contribution in [3.63, 3.8) is 0 Å². The van der Waals surface area contributed by atoms with Crippen molar-refractivity contribution in [2.24, 2.45) is 17.0 Å². The number of aryl methyl sites for hydroxylation is 2. The summed E-state index contributed by atoms with van der Waals surface area (Å²) in [6.07, 6.45) is 1.47. The van der Waals surface area contributed by atoms with Crippen molar-refractivity contribution in [2.75, 3.05) is 6.61 Å². The minimum Gasteiger partial charge on any atom is -0.493 e. The molecule has 0 radical (unpaired) electrons. The van der Waals surface area contributed by atoms with Gasteiger partial charge in [-0.05, 0) is 56.2 Å². The molecule has 3 aromatic carbocycles. The van der Waals surface area contributed by atoms with Gasteiger partial charge in [-0.25, -0.2) is 18.4 Å². The van der Waals surface area contributed by atoms with E-state index in [1.54, 1.807) is 20.0 Å². The number of aromatic nitrogens is 4. The van der Waals surface area contributed by atoms with Crippen molar-refractivity contribution >= 4 is 43.7 Å². The third-order valence-electron chi connectivity index (χ3n) is 7.51. The standard InChI is InChI=1S/C33H32N6O4S/c1-5-12-26-29-30(39(4)38-26)33(40)37-32(36-29)23-19-22(17-18-27(23)43-6-2)44(41,42)31-20(3)34-24-15-10-11-16-25(24)35-28(31)21-13-8-7-9-14-21/h7-11,13-19,31H,5-6,12H2,1-4H3,(H,36,37,40). The van der Waals surface area contributed by atoms with Crippen LogP contribution in [0.15, 0.2) is 92.5 Å². The van der Waals surface area contributed by atoms with E-state index in [4.69, 9.17) is 19.7 Å². The SMILES string of the molecule is CCCc1nn(C)c2c(=O)[nH]c(-c3cc(S(=O)(=O)C4C(C)=Nc5ccccc5N=C4c4ccccc4)ccc3OCC)nc12. The number of aromatic amines is 1. The van der Waals surface area contributed by atoms with E-state index in [9.17, 15) is 13.2 Å². The molecule has 2 aromatic heterocycles. The number of H-pyrrole nitrogens is 1. The lowest BCUT2D eigenvalue weighted by Gasteiger charge is -2.20. The van der Waals surface area contributed by atoms with Gasteiger partial charge in [0.15, 0.2) is 15.4 Å². The smallest absolute Gasteiger partial charge is 0.277 e. The van der Waals surface area contributed by atoms with Crippen molar-refractivity contribution in [2.45, 2.75) is 43.8 Å². The molecule has 0 saturated heterocycles. The highest BCUT2D eigenvalue weighted by molar-refractivity contribution is 7.93. The van der Waals surface area contributed by atoms with Crippen molar-refractivity contribution in [3.8, 4) is 17.1 Å². The Hall–Kier alpha value is -4.90. The minimum absolute atomic E-state index is 0.0211. The summed E-state index contributed by atoms with van der Waals surface area (Å²) in [5.74, 6) is 0.592. The van der Waals surface area contributed by atoms with Gasteiger partial charge >= 0.3 is 0 Å². The van der Waals surface area contributed by atoms with Crippen molar-refractivity contribution in [1.29, 1.82) is 0 Å². The summed E-state index contributed by atoms with van der Waals surface area (Å²) < 4.78 is 36.7. The van der Waals surface area contributed by atoms with Gasteiger partial charge in [-0.3, -0.25) is 14.5 Å². The highest BCUT2D eigenvalue weighted by Crippen LogP contribution is 2.37. The first-order chi connectivity index (χ1) is 21.2. The molecule has 1 unspecified atom stereocenters. The summed E-state index contributed by atoms with van der Waals surface area (Å²) in [6.45, 7) is 5.90. The molecule has 10 nitrogen and oxygen atoms in total. The Balaban J connectivity index is 1.55. The maximum Gasteiger partial charge on any atom is 0.277 e. The zero-order chi connectivity index (χ0) is 31.0. The van der Waals surface area contributed by atoms with Crippen LogP contribution in [0, 0.1) is 0 Å². The molecule has 0 bridgehead atoms. The first kappa shape index (κ1) is 29.2. The first-order valence-electron chi connectivity index (χ1n) is 14.5. The Morgan fingerprint density at radius 2 is 1.66 bits per heavy atom. The van der Waals surface area contributed by atoms with Crippen LogP contribution in [0.2, 0.25) is 0 Å². The fraction of sp³-hybridized carbons (Fsp3) is 0.242. The average molecular weight is 609 g/mol. The van der Waals surface area contributed by atoms with Gasteiger partial charge in [-0.2, -0.15) is 5.10 Å². The van der Waals surface area contributed by atoms with Crippen LogP contribution in [0.1, 0.15) is 38.4 Å². The maximum atomic E-state index is 14.7. The molecule has 0 saturated carbocycles. The molecular weight excluding hydrogens is 576 g/mol. The highest BCUT2D eigenvalue weighted by atomic mass is 32.2. The molecule has 6 rings (SSSR count). The normalized spacial score (nSPS) is 15.0. The molecule has 0 fully saturated rings. The van der Waals surface area contributed by atoms with Crippen LogP contribution in [0.4, 0.5) is 11.4 Å². The lowest BCUT2D eigenvalue weighted by Crippen LogP contribution is -2.37. The number of para-hydroxylation sites is 2. The molecule has 1 aliphatic rings. The first-order valence-corrected chi connectivity index (χ1v) is 16.0. The maximum absolute atomic E-state index is 14.7. The molecule has 11 heteroatoms. The van der Waals surface area contributed by atoms with Gasteiger partial charge in [0, 0.05) is 12.8 Å². The van der Waals surface area contributed by atoms with E-state index in [1.807, 2.05) is 68.4 Å². The molecule has 3 heterocycles. The summed E-state index contributed by atoms with van der Waals surface area (Å²) in [4.78, 5) is 30.5. The second-order valence-corrected chi connectivity index (χ2v) is 12.6. The van der Waals surface area contributed by atoms with E-state index in [0.717, 1.165) is 6.42 Å². The Morgan fingerprint density at radius 3 is 2.36 bits per heavy atom. The van der Waals surface area contributed by atoms with E-state index < -0.39 is 15.1 Å². The predicted octanol–water partition coefficient (Wildman–Crippen LogP) is 5.74. The molecule has 1 N–H and O–H groups in total. The Labute approximate surface area is 255 Å². The quantitative estimate of drug-likeness (QED) is 0.239. The Bertz CT molecular complexity index is 2110. The second kappa shape index (κ2) is 11.6. The van der Waals surface area contributed by atoms with Crippen molar-refractivity contribution < 1.29 is 13.2 Å². The Morgan fingerprint density at radius 1 is 0.955 bits per heavy atom. The molecule has 0 aliphatic carbocycles. The van der Waals surface area contributed by atoms with E-state index >= 15 is 0 Å². The monoisotopic (exact) mass is 608 g/mol. The number of hydrogen-bond acceptors (Lipinski definition) is 8. The van der Waals surface area contributed by atoms with Crippen LogP contribution in [0.5, 0.6) is 5.75 Å². The van der Waals surface area contributed by atoms with Gasteiger partial charge in [-0.1, -0.05) is 55.8 Å². The van der Waals surface area contributed by atoms with Crippen LogP contribution >= 0.6 is 0 Å². The summed E-state index contributed by atoms with van der Waals surface area (Å²) >= 11 is 0. The third-order valence-corrected chi connectivity index (χ3v) is 9.61. The summed E-state index contributed by atoms with van der Waals surface area (Å²) in [6, 6.07) is 21.2. The number of sulfone groups is 1. The molecular formula is C33H32N6O4S. The number of ether oxygens (including phenoxy) is 1. The zero-order valence-corrected chi connectivity index (χ0v) is 25.7. The molecule has 0 amide bonds. The van der Waals surface area contributed by atoms with Crippen LogP contribution in [0.3, 0.4) is 0 Å². The second-order valence-electron chi connectivity index (χ2n) is 10.6. The highest BCUT2D eigenvalue weighted by Gasteiger charge is 2.37. The van der Waals surface area contributed by atoms with Gasteiger partial charge < -0.3 is 9.72 Å². The van der Waals surface area contributed by atoms with E-state index in [-0.39, 0.29) is 16.3 Å². The molecule has 44 heavy (non-hydrogen) atoms. The Kier molecular flexibility index (Phi) is 7.73. The van der Waals surface area contributed by atoms with Crippen LogP contribution in [-0.4, -0.2) is 51.4 Å². The van der Waals surface area contributed by atoms with Gasteiger partial charge in [0.1, 0.15) is 22.3 Å². The lowest BCUT2D eigenvalue weighted by atomic mass is 10.0. The van der Waals surface area contributed by atoms with Gasteiger partial charge in [0.25, 0.3) is 5.56 Å². The number of nitrogens with zero attached hydrogens (tertiary/aromatic N) is 5. The molecule has 1 aliphatic heterocycles. The van der Waals surface area contributed by atoms with Crippen molar-refractivity contribution in [3.05, 3.63) is 94.4 Å². The van der Waals surface area contributed by atoms with Gasteiger partial charge in [0.05, 0.1) is 39.8 Å². The number of fused-ring (bicyclic) bond motifs is 2. The van der Waals surface area contributed by atoms with E-state index in [2.05, 4.69) is 10.1 Å². The number of benzene rings is 3. The number of aliphatic imine (C=N–C) groups is 2. The molecule has 1 atom stereocenters. The minimum atomic E-state index is -4.13. The van der Waals surface area contributed by atoms with Crippen LogP contribution < -0.4 is 10.3 Å². The fourth-order valence-electron chi connectivity index (χ4n) is 5.55. The van der Waals surface area contributed by atoms with E-state index in [1.165, 1.54) is 16.8 Å². The van der Waals surface area contributed by atoms with E-state index in [0.29, 0.717) is 69.4 Å². The largest absolute Gasteiger partial charge is 0.493 e. The lowest BCUT2D eigenvalue weighted by molar-refractivity contribution is 0.341. The molecule has 224 valence electrons. The van der Waals surface area contributed by atoms with Gasteiger partial charge in [-0.15, -0.1) is 0 Å².